The number of anilines is 2. The van der Waals surface area contributed by atoms with Crippen LogP contribution in [0.15, 0.2) is 48.5 Å². The molecule has 6 heterocycles. The zero-order valence-corrected chi connectivity index (χ0v) is 36.3. The van der Waals surface area contributed by atoms with Gasteiger partial charge in [-0.3, -0.25) is 9.59 Å². The van der Waals surface area contributed by atoms with E-state index in [9.17, 15) is 19.2 Å². The van der Waals surface area contributed by atoms with Crippen LogP contribution in [0.4, 0.5) is 21.0 Å². The Kier molecular flexibility index (Phi) is 10.9. The Morgan fingerprint density at radius 1 is 0.613 bits per heavy atom. The Morgan fingerprint density at radius 3 is 1.35 bits per heavy atom. The first kappa shape index (κ1) is 41.1. The third kappa shape index (κ3) is 7.64. The molecule has 326 valence electrons. The van der Waals surface area contributed by atoms with Crippen LogP contribution >= 0.6 is 0 Å². The average Bonchev–Trinajstić information content (AvgIpc) is 4.12. The maximum atomic E-state index is 13.7. The number of methoxy groups -OCH3 is 2. The number of hydrogen-bond acceptors (Lipinski definition) is 10. The second-order valence-electron chi connectivity index (χ2n) is 17.8. The molecule has 4 aliphatic heterocycles. The Labute approximate surface area is 360 Å². The van der Waals surface area contributed by atoms with Crippen LogP contribution in [0.1, 0.15) is 99.4 Å². The number of hydrogen-bond donors (Lipinski definition) is 4. The predicted octanol–water partition coefficient (Wildman–Crippen LogP) is 6.57. The minimum absolute atomic E-state index is 0.0996. The number of nitrogens with one attached hydrogen (secondary N) is 4. The van der Waals surface area contributed by atoms with Crippen molar-refractivity contribution < 1.29 is 28.7 Å². The van der Waals surface area contributed by atoms with Crippen molar-refractivity contribution in [1.82, 2.24) is 40.4 Å². The van der Waals surface area contributed by atoms with Gasteiger partial charge >= 0.3 is 12.2 Å². The minimum atomic E-state index is -0.682. The summed E-state index contributed by atoms with van der Waals surface area (Å²) in [6, 6.07) is 15.7. The quantitative estimate of drug-likeness (QED) is 0.120. The summed E-state index contributed by atoms with van der Waals surface area (Å²) >= 11 is 0. The molecule has 4 aliphatic rings. The maximum absolute atomic E-state index is 13.7. The van der Waals surface area contributed by atoms with Crippen LogP contribution in [0, 0.1) is 11.8 Å². The van der Waals surface area contributed by atoms with E-state index in [-0.39, 0.29) is 35.7 Å². The van der Waals surface area contributed by atoms with Crippen molar-refractivity contribution in [3.05, 3.63) is 82.4 Å². The minimum Gasteiger partial charge on any atom is -0.453 e. The van der Waals surface area contributed by atoms with Crippen LogP contribution in [-0.2, 0) is 45.2 Å². The molecule has 0 spiro atoms. The first-order valence-corrected chi connectivity index (χ1v) is 21.8. The molecule has 5 aromatic rings. The molecule has 2 fully saturated rings. The molecule has 2 saturated heterocycles. The van der Waals surface area contributed by atoms with E-state index in [1.807, 2.05) is 37.5 Å². The van der Waals surface area contributed by atoms with Gasteiger partial charge in [-0.2, -0.15) is 0 Å². The van der Waals surface area contributed by atoms with Crippen molar-refractivity contribution in [3.63, 3.8) is 0 Å². The van der Waals surface area contributed by atoms with E-state index in [0.717, 1.165) is 97.0 Å². The summed E-state index contributed by atoms with van der Waals surface area (Å²) in [5.41, 5.74) is 11.1. The van der Waals surface area contributed by atoms with Gasteiger partial charge in [-0.1, -0.05) is 39.8 Å². The topological polar surface area (TPSA) is 181 Å². The molecule has 0 bridgehead atoms. The highest BCUT2D eigenvalue weighted by Gasteiger charge is 2.39. The highest BCUT2D eigenvalue weighted by molar-refractivity contribution is 5.88. The van der Waals surface area contributed by atoms with Gasteiger partial charge in [-0.15, -0.1) is 0 Å². The molecular formula is C46H56N10O6. The van der Waals surface area contributed by atoms with Gasteiger partial charge in [0.1, 0.15) is 23.7 Å². The van der Waals surface area contributed by atoms with Crippen molar-refractivity contribution in [3.8, 4) is 0 Å². The standard InChI is InChI=1S/C46H56N10O6/c1-25(2)39(51-45(59)61-5)43(57)55-15-7-9-37(55)41-47-33-13-11-31(19-35(33)49-41)53-21-27-17-29-23-54(24-30(29)18-28(27)22-53)32-12-14-34-36(20-32)50-42(48-34)38-10-8-16-56(38)44(58)40(26(3)4)52-46(60)62-6/h11-14,17-20,25-26,37-40H,7-10,15-16,21-24H2,1-6H3,(H,47,49)(H,48,50)(H,51,59)(H,52,60)/t37?,38?,39-,40?/m1/s1. The molecule has 3 unspecified atom stereocenters. The van der Waals surface area contributed by atoms with Crippen LogP contribution in [0.25, 0.3) is 22.1 Å². The van der Waals surface area contributed by atoms with Crippen molar-refractivity contribution in [2.75, 3.05) is 37.1 Å². The smallest absolute Gasteiger partial charge is 0.407 e. The summed E-state index contributed by atoms with van der Waals surface area (Å²) in [6.45, 7) is 12.1. The molecule has 0 radical (unpaired) electrons. The Bertz CT molecular complexity index is 2340. The number of alkyl carbamates (subject to hydrolysis) is 2. The van der Waals surface area contributed by atoms with Crippen LogP contribution in [0.2, 0.25) is 0 Å². The van der Waals surface area contributed by atoms with Gasteiger partial charge in [0.2, 0.25) is 11.8 Å². The second kappa shape index (κ2) is 16.5. The number of aromatic amines is 2. The first-order valence-electron chi connectivity index (χ1n) is 21.8. The molecule has 4 amide bonds. The van der Waals surface area contributed by atoms with E-state index in [1.54, 1.807) is 0 Å². The molecule has 0 saturated carbocycles. The Balaban J connectivity index is 0.861. The van der Waals surface area contributed by atoms with Gasteiger partial charge in [0.25, 0.3) is 0 Å². The third-order valence-corrected chi connectivity index (χ3v) is 13.2. The fourth-order valence-corrected chi connectivity index (χ4v) is 9.81. The van der Waals surface area contributed by atoms with Crippen LogP contribution in [0.5, 0.6) is 0 Å². The number of aromatic nitrogens is 4. The van der Waals surface area contributed by atoms with Gasteiger partial charge in [-0.25, -0.2) is 19.6 Å². The molecule has 3 aromatic carbocycles. The number of ether oxygens (including phenoxy) is 2. The fraction of sp³-hybridized carbons (Fsp3) is 0.478. The lowest BCUT2D eigenvalue weighted by atomic mass is 10.0. The molecule has 4 N–H and O–H groups in total. The lowest BCUT2D eigenvalue weighted by molar-refractivity contribution is -0.136. The second-order valence-corrected chi connectivity index (χ2v) is 17.8. The zero-order chi connectivity index (χ0) is 43.4. The Hall–Kier alpha value is -6.32. The van der Waals surface area contributed by atoms with Gasteiger partial charge in [-0.05, 0) is 96.2 Å². The number of likely N-dealkylation sites (tertiary alicyclic amines) is 2. The monoisotopic (exact) mass is 844 g/mol. The van der Waals surface area contributed by atoms with Crippen molar-refractivity contribution in [1.29, 1.82) is 0 Å². The van der Waals surface area contributed by atoms with Gasteiger partial charge < -0.3 is 49.7 Å². The molecule has 16 heteroatoms. The van der Waals surface area contributed by atoms with Gasteiger partial charge in [0, 0.05) is 50.6 Å². The summed E-state index contributed by atoms with van der Waals surface area (Å²) in [4.78, 5) is 76.9. The first-order chi connectivity index (χ1) is 29.9. The predicted molar refractivity (Wildman–Crippen MR) is 234 cm³/mol. The molecule has 2 aromatic heterocycles. The summed E-state index contributed by atoms with van der Waals surface area (Å²) in [6.07, 6.45) is 2.09. The van der Waals surface area contributed by atoms with Crippen molar-refractivity contribution in [2.24, 2.45) is 11.8 Å². The number of fused-ring (bicyclic) bond motifs is 4. The highest BCUT2D eigenvalue weighted by atomic mass is 16.5. The molecule has 0 aliphatic carbocycles. The fourth-order valence-electron chi connectivity index (χ4n) is 9.81. The SMILES string of the molecule is COC(=O)NC(C(=O)N1CCCC1c1nc2ccc(N3Cc4cc5c(cc4C3)CN(c3ccc4nc(C6CCCN6C(=O)[C@H](NC(=O)OC)C(C)C)[nH]c4c3)C5)cc2[nH]1)C(C)C. The van der Waals surface area contributed by atoms with Crippen LogP contribution < -0.4 is 20.4 Å². The summed E-state index contributed by atoms with van der Waals surface area (Å²) < 4.78 is 9.59. The van der Waals surface area contributed by atoms with Crippen molar-refractivity contribution >= 4 is 57.4 Å². The van der Waals surface area contributed by atoms with E-state index >= 15 is 0 Å². The largest absolute Gasteiger partial charge is 0.453 e. The molecule has 9 rings (SSSR count). The van der Waals surface area contributed by atoms with E-state index in [0.29, 0.717) is 13.1 Å². The summed E-state index contributed by atoms with van der Waals surface area (Å²) in [5, 5.41) is 5.45. The zero-order valence-electron chi connectivity index (χ0n) is 36.3. The number of carbonyl (C=O) groups is 4. The van der Waals surface area contributed by atoms with E-state index < -0.39 is 24.3 Å². The van der Waals surface area contributed by atoms with E-state index in [4.69, 9.17) is 19.4 Å². The molecule has 62 heavy (non-hydrogen) atoms. The maximum Gasteiger partial charge on any atom is 0.407 e. The normalized spacial score (nSPS) is 19.4. The lowest BCUT2D eigenvalue weighted by Crippen LogP contribution is -2.51. The number of nitrogens with zero attached hydrogens (tertiary/aromatic N) is 6. The number of rotatable bonds is 10. The molecular weight excluding hydrogens is 789 g/mol. The lowest BCUT2D eigenvalue weighted by Gasteiger charge is -2.29. The van der Waals surface area contributed by atoms with E-state index in [2.05, 4.69) is 78.9 Å². The third-order valence-electron chi connectivity index (χ3n) is 13.2. The summed E-state index contributed by atoms with van der Waals surface area (Å²) in [5.74, 6) is 1.08. The molecule has 16 nitrogen and oxygen atoms in total. The number of carbonyl (C=O) groups excluding carboxylic acids is 4. The number of benzene rings is 3. The average molecular weight is 845 g/mol. The number of imidazole rings is 2. The van der Waals surface area contributed by atoms with Gasteiger partial charge in [0.15, 0.2) is 0 Å². The molecule has 4 atom stereocenters. The van der Waals surface area contributed by atoms with Crippen LogP contribution in [-0.4, -0.2) is 93.1 Å². The summed E-state index contributed by atoms with van der Waals surface area (Å²) in [7, 11) is 2.60. The highest BCUT2D eigenvalue weighted by Crippen LogP contribution is 2.39. The van der Waals surface area contributed by atoms with Crippen LogP contribution in [0.3, 0.4) is 0 Å². The van der Waals surface area contributed by atoms with E-state index in [1.165, 1.54) is 36.5 Å². The van der Waals surface area contributed by atoms with Gasteiger partial charge in [0.05, 0.1) is 48.4 Å². The number of amides is 4. The number of H-pyrrole nitrogens is 2. The Morgan fingerprint density at radius 2 is 1.00 bits per heavy atom. The van der Waals surface area contributed by atoms with Crippen molar-refractivity contribution in [2.45, 2.75) is 104 Å².